The molecule has 2 N–H and O–H groups in total. The van der Waals surface area contributed by atoms with Crippen molar-refractivity contribution in [2.75, 3.05) is 5.32 Å². The van der Waals surface area contributed by atoms with E-state index in [1.165, 1.54) is 5.56 Å². The number of aromatic nitrogens is 1. The van der Waals surface area contributed by atoms with Gasteiger partial charge in [0.15, 0.2) is 6.23 Å². The molecule has 0 spiro atoms. The lowest BCUT2D eigenvalue weighted by Gasteiger charge is -2.29. The highest BCUT2D eigenvalue weighted by Gasteiger charge is 2.24. The summed E-state index contributed by atoms with van der Waals surface area (Å²) in [5, 5.41) is 14.4. The van der Waals surface area contributed by atoms with Crippen LogP contribution < -0.4 is 5.32 Å². The number of nitrogens with one attached hydrogen (secondary N) is 1. The third-order valence-corrected chi connectivity index (χ3v) is 4.26. The molecule has 0 amide bonds. The van der Waals surface area contributed by atoms with Gasteiger partial charge in [-0.25, -0.2) is 4.98 Å². The van der Waals surface area contributed by atoms with Gasteiger partial charge in [0.25, 0.3) is 0 Å². The molecule has 1 aromatic carbocycles. The second kappa shape index (κ2) is 6.73. The van der Waals surface area contributed by atoms with Gasteiger partial charge in [0, 0.05) is 11.8 Å². The topological polar surface area (TPSA) is 45.1 Å². The van der Waals surface area contributed by atoms with E-state index < -0.39 is 6.23 Å². The van der Waals surface area contributed by atoms with Crippen LogP contribution in [0.5, 0.6) is 0 Å². The summed E-state index contributed by atoms with van der Waals surface area (Å²) in [5.41, 5.74) is 3.14. The predicted molar refractivity (Wildman–Crippen MR) is 102 cm³/mol. The van der Waals surface area contributed by atoms with Crippen LogP contribution in [0.25, 0.3) is 0 Å². The highest BCUT2D eigenvalue weighted by Crippen LogP contribution is 2.34. The standard InChI is InChI=1S/C20H27ClN2O/c1-19(2,3)13-7-9-16(20(4,5)6)15(11-13)18(24)23-17-10-8-14(21)12-22-17/h7-12,18,24H,1-6H3,(H,22,23). The number of nitrogens with zero attached hydrogens (tertiary/aromatic N) is 1. The van der Waals surface area contributed by atoms with Gasteiger partial charge < -0.3 is 10.4 Å². The van der Waals surface area contributed by atoms with Crippen LogP contribution >= 0.6 is 11.6 Å². The SMILES string of the molecule is CC(C)(C)c1ccc(C(C)(C)C)c(C(O)Nc2ccc(Cl)cn2)c1. The molecule has 2 aromatic rings. The quantitative estimate of drug-likeness (QED) is 0.728. The van der Waals surface area contributed by atoms with Gasteiger partial charge in [0.05, 0.1) is 5.02 Å². The van der Waals surface area contributed by atoms with E-state index in [-0.39, 0.29) is 10.8 Å². The van der Waals surface area contributed by atoms with Gasteiger partial charge in [-0.15, -0.1) is 0 Å². The zero-order valence-corrected chi connectivity index (χ0v) is 16.1. The third-order valence-electron chi connectivity index (χ3n) is 4.03. The van der Waals surface area contributed by atoms with Gasteiger partial charge in [-0.1, -0.05) is 71.3 Å². The number of halogens is 1. The fraction of sp³-hybridized carbons (Fsp3) is 0.450. The minimum atomic E-state index is -0.838. The molecule has 1 atom stereocenters. The Hall–Kier alpha value is -1.58. The summed E-state index contributed by atoms with van der Waals surface area (Å²) >= 11 is 5.87. The molecule has 3 nitrogen and oxygen atoms in total. The molecular weight excluding hydrogens is 320 g/mol. The first-order chi connectivity index (χ1) is 11.0. The van der Waals surface area contributed by atoms with Crippen molar-refractivity contribution in [1.29, 1.82) is 0 Å². The number of benzene rings is 1. The summed E-state index contributed by atoms with van der Waals surface area (Å²) in [6.07, 6.45) is 0.725. The van der Waals surface area contributed by atoms with E-state index >= 15 is 0 Å². The average Bonchev–Trinajstić information content (AvgIpc) is 2.47. The van der Waals surface area contributed by atoms with Gasteiger partial charge in [-0.05, 0) is 34.1 Å². The lowest BCUT2D eigenvalue weighted by molar-refractivity contribution is 0.204. The fourth-order valence-electron chi connectivity index (χ4n) is 2.62. The largest absolute Gasteiger partial charge is 0.369 e. The lowest BCUT2D eigenvalue weighted by atomic mass is 9.79. The van der Waals surface area contributed by atoms with Crippen molar-refractivity contribution in [3.8, 4) is 0 Å². The van der Waals surface area contributed by atoms with Gasteiger partial charge in [0.1, 0.15) is 5.82 Å². The zero-order valence-electron chi connectivity index (χ0n) is 15.3. The molecule has 0 aliphatic rings. The molecular formula is C20H27ClN2O. The number of hydrogen-bond donors (Lipinski definition) is 2. The van der Waals surface area contributed by atoms with Crippen molar-refractivity contribution in [3.05, 3.63) is 58.2 Å². The van der Waals surface area contributed by atoms with Crippen LogP contribution in [0.3, 0.4) is 0 Å². The van der Waals surface area contributed by atoms with Crippen LogP contribution in [-0.2, 0) is 10.8 Å². The molecule has 4 heteroatoms. The highest BCUT2D eigenvalue weighted by molar-refractivity contribution is 6.30. The molecule has 0 bridgehead atoms. The van der Waals surface area contributed by atoms with Gasteiger partial charge >= 0.3 is 0 Å². The first kappa shape index (κ1) is 18.8. The van der Waals surface area contributed by atoms with E-state index in [0.717, 1.165) is 11.1 Å². The Morgan fingerprint density at radius 2 is 1.67 bits per heavy atom. The molecule has 0 saturated heterocycles. The fourth-order valence-corrected chi connectivity index (χ4v) is 2.73. The Labute approximate surface area is 150 Å². The first-order valence-corrected chi connectivity index (χ1v) is 8.57. The van der Waals surface area contributed by atoms with Crippen LogP contribution in [0.2, 0.25) is 5.02 Å². The first-order valence-electron chi connectivity index (χ1n) is 8.19. The van der Waals surface area contributed by atoms with E-state index in [1.807, 2.05) is 0 Å². The second-order valence-corrected chi connectivity index (χ2v) is 8.65. The number of pyridine rings is 1. The number of anilines is 1. The molecule has 0 saturated carbocycles. The second-order valence-electron chi connectivity index (χ2n) is 8.21. The Morgan fingerprint density at radius 1 is 1.00 bits per heavy atom. The van der Waals surface area contributed by atoms with Crippen molar-refractivity contribution in [2.45, 2.75) is 58.6 Å². The maximum absolute atomic E-state index is 10.8. The van der Waals surface area contributed by atoms with Crippen LogP contribution in [-0.4, -0.2) is 10.1 Å². The minimum Gasteiger partial charge on any atom is -0.369 e. The average molecular weight is 347 g/mol. The monoisotopic (exact) mass is 346 g/mol. The van der Waals surface area contributed by atoms with E-state index in [9.17, 15) is 5.11 Å². The molecule has 0 fully saturated rings. The van der Waals surface area contributed by atoms with Crippen LogP contribution in [0.1, 0.15) is 64.5 Å². The zero-order chi connectivity index (χ0) is 18.1. The Morgan fingerprint density at radius 3 is 2.17 bits per heavy atom. The van der Waals surface area contributed by atoms with Crippen molar-refractivity contribution in [2.24, 2.45) is 0 Å². The lowest BCUT2D eigenvalue weighted by Crippen LogP contribution is -2.22. The maximum atomic E-state index is 10.8. The Balaban J connectivity index is 2.42. The summed E-state index contributed by atoms with van der Waals surface area (Å²) in [7, 11) is 0. The molecule has 1 aromatic heterocycles. The molecule has 0 radical (unpaired) electrons. The summed E-state index contributed by atoms with van der Waals surface area (Å²) in [5.74, 6) is 0.591. The summed E-state index contributed by atoms with van der Waals surface area (Å²) in [6.45, 7) is 13.0. The van der Waals surface area contributed by atoms with Crippen LogP contribution in [0.15, 0.2) is 36.5 Å². The summed E-state index contributed by atoms with van der Waals surface area (Å²) < 4.78 is 0. The molecule has 0 aliphatic carbocycles. The van der Waals surface area contributed by atoms with Crippen molar-refractivity contribution in [3.63, 3.8) is 0 Å². The molecule has 1 heterocycles. The molecule has 2 rings (SSSR count). The number of hydrogen-bond acceptors (Lipinski definition) is 3. The Bertz CT molecular complexity index is 697. The number of aliphatic hydroxyl groups is 1. The number of aliphatic hydroxyl groups excluding tert-OH is 1. The minimum absolute atomic E-state index is 0.0173. The smallest absolute Gasteiger partial charge is 0.152 e. The summed E-state index contributed by atoms with van der Waals surface area (Å²) in [6, 6.07) is 9.87. The van der Waals surface area contributed by atoms with Crippen LogP contribution in [0.4, 0.5) is 5.82 Å². The van der Waals surface area contributed by atoms with E-state index in [0.29, 0.717) is 10.8 Å². The molecule has 130 valence electrons. The van der Waals surface area contributed by atoms with E-state index in [4.69, 9.17) is 11.6 Å². The summed E-state index contributed by atoms with van der Waals surface area (Å²) in [4.78, 5) is 4.20. The van der Waals surface area contributed by atoms with Gasteiger partial charge in [0.2, 0.25) is 0 Å². The molecule has 24 heavy (non-hydrogen) atoms. The molecule has 1 unspecified atom stereocenters. The normalized spacial score (nSPS) is 13.7. The number of rotatable bonds is 3. The Kier molecular flexibility index (Phi) is 5.26. The van der Waals surface area contributed by atoms with Crippen molar-refractivity contribution in [1.82, 2.24) is 4.98 Å². The predicted octanol–water partition coefficient (Wildman–Crippen LogP) is 5.43. The van der Waals surface area contributed by atoms with E-state index in [2.05, 4.69) is 70.0 Å². The van der Waals surface area contributed by atoms with E-state index in [1.54, 1.807) is 18.3 Å². The van der Waals surface area contributed by atoms with Crippen molar-refractivity contribution < 1.29 is 5.11 Å². The molecule has 0 aliphatic heterocycles. The van der Waals surface area contributed by atoms with Gasteiger partial charge in [-0.2, -0.15) is 0 Å². The highest BCUT2D eigenvalue weighted by atomic mass is 35.5. The van der Waals surface area contributed by atoms with Crippen LogP contribution in [0, 0.1) is 0 Å². The van der Waals surface area contributed by atoms with Gasteiger partial charge in [-0.3, -0.25) is 0 Å². The third kappa shape index (κ3) is 4.49. The maximum Gasteiger partial charge on any atom is 0.152 e. The van der Waals surface area contributed by atoms with Crippen molar-refractivity contribution >= 4 is 17.4 Å².